The summed E-state index contributed by atoms with van der Waals surface area (Å²) >= 11 is 8.20. The Hall–Kier alpha value is -0.290. The molecular weight excluding hydrogens is 373 g/mol. The molecule has 0 aromatic heterocycles. The normalized spacial score (nSPS) is 12.3. The minimum absolute atomic E-state index is 0.0923. The van der Waals surface area contributed by atoms with E-state index in [4.69, 9.17) is 11.6 Å². The lowest BCUT2D eigenvalue weighted by molar-refractivity contribution is 0.0684. The Balaban J connectivity index is 3.00. The molecule has 1 aromatic rings. The van der Waals surface area contributed by atoms with Crippen molar-refractivity contribution in [1.82, 2.24) is 4.90 Å². The lowest BCUT2D eigenvalue weighted by atomic mass is 10.1. The van der Waals surface area contributed by atoms with E-state index in [9.17, 15) is 4.79 Å². The first-order valence-electron chi connectivity index (χ1n) is 6.77. The third kappa shape index (κ3) is 4.63. The van der Waals surface area contributed by atoms with Crippen LogP contribution >= 0.6 is 34.2 Å². The molecule has 4 heteroatoms. The average molecular weight is 394 g/mol. The summed E-state index contributed by atoms with van der Waals surface area (Å²) in [6, 6.07) is 5.74. The molecule has 0 aliphatic carbocycles. The van der Waals surface area contributed by atoms with Gasteiger partial charge in [0.05, 0.1) is 5.56 Å². The Morgan fingerprint density at radius 2 is 2.11 bits per heavy atom. The summed E-state index contributed by atoms with van der Waals surface area (Å²) in [6.45, 7) is 7.17. The van der Waals surface area contributed by atoms with Crippen LogP contribution in [0.15, 0.2) is 18.2 Å². The zero-order valence-electron chi connectivity index (χ0n) is 11.7. The van der Waals surface area contributed by atoms with Gasteiger partial charge in [0.1, 0.15) is 0 Å². The molecule has 0 N–H and O–H groups in total. The largest absolute Gasteiger partial charge is 0.336 e. The number of amides is 1. The summed E-state index contributed by atoms with van der Waals surface area (Å²) in [7, 11) is 0. The predicted octanol–water partition coefficient (Wildman–Crippen LogP) is 4.99. The van der Waals surface area contributed by atoms with E-state index in [1.807, 2.05) is 17.0 Å². The number of hydrogen-bond acceptors (Lipinski definition) is 1. The fraction of sp³-hybridized carbons (Fsp3) is 0.533. The second-order valence-electron chi connectivity index (χ2n) is 4.73. The van der Waals surface area contributed by atoms with E-state index in [1.54, 1.807) is 6.07 Å². The van der Waals surface area contributed by atoms with E-state index in [0.29, 0.717) is 10.6 Å². The molecule has 1 rings (SSSR count). The number of hydrogen-bond donors (Lipinski definition) is 0. The number of rotatable bonds is 6. The van der Waals surface area contributed by atoms with Crippen molar-refractivity contribution in [3.8, 4) is 0 Å². The first-order chi connectivity index (χ1) is 9.01. The highest BCUT2D eigenvalue weighted by atomic mass is 127. The minimum atomic E-state index is 0.0923. The van der Waals surface area contributed by atoms with Gasteiger partial charge in [-0.15, -0.1) is 0 Å². The maximum Gasteiger partial charge on any atom is 0.255 e. The number of carbonyl (C=O) groups excluding carboxylic acids is 1. The first kappa shape index (κ1) is 16.8. The highest BCUT2D eigenvalue weighted by Crippen LogP contribution is 2.21. The third-order valence-corrected chi connectivity index (χ3v) is 4.47. The van der Waals surface area contributed by atoms with E-state index >= 15 is 0 Å². The van der Waals surface area contributed by atoms with Crippen molar-refractivity contribution < 1.29 is 4.79 Å². The highest BCUT2D eigenvalue weighted by Gasteiger charge is 2.21. The summed E-state index contributed by atoms with van der Waals surface area (Å²) in [6.07, 6.45) is 3.09. The molecule has 1 amide bonds. The Morgan fingerprint density at radius 3 is 2.68 bits per heavy atom. The van der Waals surface area contributed by atoms with E-state index in [2.05, 4.69) is 43.4 Å². The van der Waals surface area contributed by atoms with Gasteiger partial charge in [0.25, 0.3) is 5.91 Å². The number of benzene rings is 1. The predicted molar refractivity (Wildman–Crippen MR) is 89.9 cm³/mol. The second kappa shape index (κ2) is 8.10. The molecule has 106 valence electrons. The van der Waals surface area contributed by atoms with Crippen molar-refractivity contribution in [3.05, 3.63) is 32.4 Å². The number of nitrogens with zero attached hydrogens (tertiary/aromatic N) is 1. The van der Waals surface area contributed by atoms with Crippen LogP contribution in [-0.2, 0) is 0 Å². The zero-order chi connectivity index (χ0) is 14.4. The molecule has 1 atom stereocenters. The van der Waals surface area contributed by atoms with Gasteiger partial charge in [-0.05, 0) is 60.6 Å². The Labute approximate surface area is 134 Å². The van der Waals surface area contributed by atoms with E-state index < -0.39 is 0 Å². The lowest BCUT2D eigenvalue weighted by Crippen LogP contribution is -2.39. The second-order valence-corrected chi connectivity index (χ2v) is 6.33. The van der Waals surface area contributed by atoms with Crippen LogP contribution in [0.4, 0.5) is 0 Å². The maximum atomic E-state index is 12.7. The van der Waals surface area contributed by atoms with Crippen LogP contribution in [0.2, 0.25) is 5.02 Å². The van der Waals surface area contributed by atoms with Crippen LogP contribution in [0.5, 0.6) is 0 Å². The molecule has 0 fully saturated rings. The minimum Gasteiger partial charge on any atom is -0.336 e. The van der Waals surface area contributed by atoms with Gasteiger partial charge in [0.15, 0.2) is 0 Å². The molecule has 0 aliphatic rings. The van der Waals surface area contributed by atoms with Crippen molar-refractivity contribution in [2.75, 3.05) is 6.54 Å². The molecule has 0 heterocycles. The van der Waals surface area contributed by atoms with Crippen LogP contribution in [0.3, 0.4) is 0 Å². The standard InChI is InChI=1S/C15H21ClINO/c1-4-6-9-18(11(3)5-2)15(19)13-10-12(16)7-8-14(13)17/h7-8,10-11H,4-6,9H2,1-3H3. The first-order valence-corrected chi connectivity index (χ1v) is 8.22. The third-order valence-electron chi connectivity index (χ3n) is 3.30. The van der Waals surface area contributed by atoms with Crippen LogP contribution in [-0.4, -0.2) is 23.4 Å². The molecule has 0 aliphatic heterocycles. The smallest absolute Gasteiger partial charge is 0.255 e. The SMILES string of the molecule is CCCCN(C(=O)c1cc(Cl)ccc1I)C(C)CC. The van der Waals surface area contributed by atoms with Gasteiger partial charge in [-0.25, -0.2) is 0 Å². The van der Waals surface area contributed by atoms with Gasteiger partial charge in [0.2, 0.25) is 0 Å². The van der Waals surface area contributed by atoms with E-state index in [-0.39, 0.29) is 11.9 Å². The highest BCUT2D eigenvalue weighted by molar-refractivity contribution is 14.1. The van der Waals surface area contributed by atoms with Gasteiger partial charge < -0.3 is 4.90 Å². The number of halogens is 2. The Morgan fingerprint density at radius 1 is 1.42 bits per heavy atom. The zero-order valence-corrected chi connectivity index (χ0v) is 14.7. The Bertz CT molecular complexity index is 436. The molecule has 0 saturated heterocycles. The van der Waals surface area contributed by atoms with E-state index in [1.165, 1.54) is 0 Å². The maximum absolute atomic E-state index is 12.7. The topological polar surface area (TPSA) is 20.3 Å². The number of carbonyl (C=O) groups is 1. The summed E-state index contributed by atoms with van der Waals surface area (Å²) in [5.41, 5.74) is 0.713. The van der Waals surface area contributed by atoms with Crippen molar-refractivity contribution in [1.29, 1.82) is 0 Å². The molecule has 0 spiro atoms. The van der Waals surface area contributed by atoms with Crippen LogP contribution in [0.25, 0.3) is 0 Å². The summed E-state index contributed by atoms with van der Waals surface area (Å²) in [4.78, 5) is 14.7. The van der Waals surface area contributed by atoms with Crippen LogP contribution < -0.4 is 0 Å². The monoisotopic (exact) mass is 393 g/mol. The number of unbranched alkanes of at least 4 members (excludes halogenated alkanes) is 1. The van der Waals surface area contributed by atoms with Gasteiger partial charge in [-0.2, -0.15) is 0 Å². The molecule has 0 bridgehead atoms. The fourth-order valence-electron chi connectivity index (χ4n) is 1.89. The summed E-state index contributed by atoms with van der Waals surface area (Å²) < 4.78 is 0.955. The van der Waals surface area contributed by atoms with Gasteiger partial charge in [0, 0.05) is 21.2 Å². The molecule has 1 aromatic carbocycles. The van der Waals surface area contributed by atoms with Crippen molar-refractivity contribution in [2.45, 2.75) is 46.1 Å². The van der Waals surface area contributed by atoms with Crippen molar-refractivity contribution >= 4 is 40.1 Å². The van der Waals surface area contributed by atoms with Gasteiger partial charge >= 0.3 is 0 Å². The molecule has 1 unspecified atom stereocenters. The van der Waals surface area contributed by atoms with Crippen LogP contribution in [0.1, 0.15) is 50.4 Å². The fourth-order valence-corrected chi connectivity index (χ4v) is 2.63. The quantitative estimate of drug-likeness (QED) is 0.624. The summed E-state index contributed by atoms with van der Waals surface area (Å²) in [5.74, 6) is 0.0923. The van der Waals surface area contributed by atoms with Gasteiger partial charge in [-0.3, -0.25) is 4.79 Å². The van der Waals surface area contributed by atoms with E-state index in [0.717, 1.165) is 29.4 Å². The molecule has 0 radical (unpaired) electrons. The van der Waals surface area contributed by atoms with Crippen molar-refractivity contribution in [3.63, 3.8) is 0 Å². The molecule has 2 nitrogen and oxygen atoms in total. The lowest BCUT2D eigenvalue weighted by Gasteiger charge is -2.29. The van der Waals surface area contributed by atoms with Crippen LogP contribution in [0, 0.1) is 3.57 Å². The Kier molecular flexibility index (Phi) is 7.15. The average Bonchev–Trinajstić information content (AvgIpc) is 2.41. The van der Waals surface area contributed by atoms with Gasteiger partial charge in [-0.1, -0.05) is 31.9 Å². The molecule has 0 saturated carbocycles. The van der Waals surface area contributed by atoms with Crippen molar-refractivity contribution in [2.24, 2.45) is 0 Å². The summed E-state index contributed by atoms with van der Waals surface area (Å²) in [5, 5.41) is 0.614. The molecule has 19 heavy (non-hydrogen) atoms. The molecular formula is C15H21ClINO.